The van der Waals surface area contributed by atoms with Gasteiger partial charge in [0.1, 0.15) is 0 Å². The van der Waals surface area contributed by atoms with E-state index in [-0.39, 0.29) is 12.0 Å². The molecular weight excluding hydrogens is 144 g/mol. The zero-order valence-corrected chi connectivity index (χ0v) is 6.25. The van der Waals surface area contributed by atoms with Gasteiger partial charge in [-0.1, -0.05) is 6.42 Å². The van der Waals surface area contributed by atoms with Gasteiger partial charge < -0.3 is 11.5 Å². The van der Waals surface area contributed by atoms with Crippen molar-refractivity contribution in [1.29, 1.82) is 0 Å². The van der Waals surface area contributed by atoms with Crippen molar-refractivity contribution in [2.45, 2.75) is 25.3 Å². The van der Waals surface area contributed by atoms with Crippen LogP contribution < -0.4 is 11.5 Å². The largest absolute Gasteiger partial charge is 0.363 e. The van der Waals surface area contributed by atoms with Crippen LogP contribution in [0.2, 0.25) is 0 Å². The third-order valence-corrected chi connectivity index (χ3v) is 2.15. The highest BCUT2D eigenvalue weighted by Crippen LogP contribution is 2.24. The molecule has 0 radical (unpaired) electrons. The van der Waals surface area contributed by atoms with E-state index in [1.165, 1.54) is 0 Å². The van der Waals surface area contributed by atoms with Crippen LogP contribution in [0.15, 0.2) is 0 Å². The quantitative estimate of drug-likeness (QED) is 0.511. The van der Waals surface area contributed by atoms with Crippen LogP contribution in [0.25, 0.3) is 0 Å². The predicted octanol–water partition coefficient (Wildman–Crippen LogP) is -0.832. The van der Waals surface area contributed by atoms with Crippen molar-refractivity contribution in [3.05, 3.63) is 0 Å². The molecule has 0 aromatic carbocycles. The lowest BCUT2D eigenvalue weighted by molar-refractivity contribution is -0.138. The summed E-state index contributed by atoms with van der Waals surface area (Å²) in [6, 6.07) is -0.157. The molecule has 0 bridgehead atoms. The Morgan fingerprint density at radius 2 is 1.91 bits per heavy atom. The van der Waals surface area contributed by atoms with Crippen molar-refractivity contribution in [1.82, 2.24) is 0 Å². The summed E-state index contributed by atoms with van der Waals surface area (Å²) in [6.07, 6.45) is 2.46. The normalized spacial score (nSPS) is 30.3. The minimum atomic E-state index is -0.854. The topological polar surface area (TPSA) is 86.2 Å². The number of nitrogens with two attached hydrogens (primary N) is 2. The number of ketones is 1. The Morgan fingerprint density at radius 1 is 1.27 bits per heavy atom. The Labute approximate surface area is 64.9 Å². The van der Waals surface area contributed by atoms with Crippen molar-refractivity contribution in [2.75, 3.05) is 0 Å². The fourth-order valence-electron chi connectivity index (χ4n) is 1.50. The van der Waals surface area contributed by atoms with Gasteiger partial charge in [0.05, 0.1) is 0 Å². The van der Waals surface area contributed by atoms with Gasteiger partial charge in [0.15, 0.2) is 0 Å². The Hall–Kier alpha value is -0.900. The number of hydrogen-bond donors (Lipinski definition) is 2. The van der Waals surface area contributed by atoms with Crippen LogP contribution in [0.5, 0.6) is 0 Å². The van der Waals surface area contributed by atoms with Crippen LogP contribution >= 0.6 is 0 Å². The highest BCUT2D eigenvalue weighted by molar-refractivity contribution is 6.36. The molecule has 11 heavy (non-hydrogen) atoms. The van der Waals surface area contributed by atoms with Crippen molar-refractivity contribution < 1.29 is 9.59 Å². The molecule has 0 aromatic rings. The summed E-state index contributed by atoms with van der Waals surface area (Å²) < 4.78 is 0. The van der Waals surface area contributed by atoms with E-state index in [4.69, 9.17) is 11.5 Å². The fourth-order valence-corrected chi connectivity index (χ4v) is 1.50. The second-order valence-electron chi connectivity index (χ2n) is 2.93. The number of amides is 1. The van der Waals surface area contributed by atoms with Gasteiger partial charge >= 0.3 is 0 Å². The lowest BCUT2D eigenvalue weighted by Gasteiger charge is -2.10. The van der Waals surface area contributed by atoms with Crippen molar-refractivity contribution in [3.8, 4) is 0 Å². The molecular formula is C7H12N2O2. The number of primary amides is 1. The SMILES string of the molecule is NC(=O)C(=O)C1CCCC1N. The Morgan fingerprint density at radius 3 is 2.27 bits per heavy atom. The first-order chi connectivity index (χ1) is 5.13. The molecule has 62 valence electrons. The van der Waals surface area contributed by atoms with Crippen LogP contribution in [0, 0.1) is 5.92 Å². The standard InChI is InChI=1S/C7H12N2O2/c8-5-3-1-2-4(5)6(10)7(9)11/h4-5H,1-3,8H2,(H2,9,11). The van der Waals surface area contributed by atoms with E-state index in [1.54, 1.807) is 0 Å². The fraction of sp³-hybridized carbons (Fsp3) is 0.714. The monoisotopic (exact) mass is 156 g/mol. The molecule has 1 aliphatic carbocycles. The molecule has 1 fully saturated rings. The lowest BCUT2D eigenvalue weighted by Crippen LogP contribution is -2.37. The predicted molar refractivity (Wildman–Crippen MR) is 39.5 cm³/mol. The molecule has 1 aliphatic rings. The molecule has 0 aromatic heterocycles. The van der Waals surface area contributed by atoms with Gasteiger partial charge in [0.25, 0.3) is 5.91 Å². The first kappa shape index (κ1) is 8.20. The second-order valence-corrected chi connectivity index (χ2v) is 2.93. The van der Waals surface area contributed by atoms with E-state index in [1.807, 2.05) is 0 Å². The summed E-state index contributed by atoms with van der Waals surface area (Å²) >= 11 is 0. The van der Waals surface area contributed by atoms with Gasteiger partial charge in [-0.3, -0.25) is 9.59 Å². The maximum absolute atomic E-state index is 11.0. The van der Waals surface area contributed by atoms with E-state index in [0.717, 1.165) is 12.8 Å². The molecule has 1 saturated carbocycles. The van der Waals surface area contributed by atoms with Gasteiger partial charge in [-0.25, -0.2) is 0 Å². The molecule has 0 saturated heterocycles. The van der Waals surface area contributed by atoms with Crippen LogP contribution in [0.3, 0.4) is 0 Å². The Bertz CT molecular complexity index is 191. The molecule has 2 atom stereocenters. The van der Waals surface area contributed by atoms with Gasteiger partial charge in [0, 0.05) is 12.0 Å². The summed E-state index contributed by atoms with van der Waals surface area (Å²) in [6.45, 7) is 0. The first-order valence-corrected chi connectivity index (χ1v) is 3.72. The minimum Gasteiger partial charge on any atom is -0.363 e. The highest BCUT2D eigenvalue weighted by Gasteiger charge is 2.32. The molecule has 0 aliphatic heterocycles. The molecule has 4 nitrogen and oxygen atoms in total. The summed E-state index contributed by atoms with van der Waals surface area (Å²) in [7, 11) is 0. The van der Waals surface area contributed by atoms with E-state index >= 15 is 0 Å². The van der Waals surface area contributed by atoms with Gasteiger partial charge in [-0.05, 0) is 12.8 Å². The maximum Gasteiger partial charge on any atom is 0.285 e. The Kier molecular flexibility index (Phi) is 2.24. The molecule has 2 unspecified atom stereocenters. The Balaban J connectivity index is 2.60. The smallest absolute Gasteiger partial charge is 0.285 e. The average molecular weight is 156 g/mol. The molecule has 0 heterocycles. The number of Topliss-reactive ketones (excluding diaryl/α,β-unsaturated/α-hetero) is 1. The summed E-state index contributed by atoms with van der Waals surface area (Å²) in [5.74, 6) is -1.67. The third kappa shape index (κ3) is 1.57. The van der Waals surface area contributed by atoms with Gasteiger partial charge in [0.2, 0.25) is 5.78 Å². The van der Waals surface area contributed by atoms with Crippen LogP contribution in [-0.4, -0.2) is 17.7 Å². The van der Waals surface area contributed by atoms with Crippen LogP contribution in [0.1, 0.15) is 19.3 Å². The van der Waals surface area contributed by atoms with Crippen molar-refractivity contribution in [2.24, 2.45) is 17.4 Å². The lowest BCUT2D eigenvalue weighted by atomic mass is 9.99. The van der Waals surface area contributed by atoms with E-state index in [9.17, 15) is 9.59 Å². The van der Waals surface area contributed by atoms with Crippen molar-refractivity contribution in [3.63, 3.8) is 0 Å². The van der Waals surface area contributed by atoms with Crippen LogP contribution in [-0.2, 0) is 9.59 Å². The summed E-state index contributed by atoms with van der Waals surface area (Å²) in [5.41, 5.74) is 10.4. The minimum absolute atomic E-state index is 0.157. The molecule has 4 heteroatoms. The molecule has 1 amide bonds. The van der Waals surface area contributed by atoms with Crippen molar-refractivity contribution >= 4 is 11.7 Å². The van der Waals surface area contributed by atoms with E-state index < -0.39 is 11.7 Å². The maximum atomic E-state index is 11.0. The second kappa shape index (κ2) is 3.00. The average Bonchev–Trinajstić information content (AvgIpc) is 2.33. The van der Waals surface area contributed by atoms with Gasteiger partial charge in [-0.2, -0.15) is 0 Å². The summed E-state index contributed by atoms with van der Waals surface area (Å²) in [4.78, 5) is 21.4. The molecule has 0 spiro atoms. The van der Waals surface area contributed by atoms with Gasteiger partial charge in [-0.15, -0.1) is 0 Å². The number of hydrogen-bond acceptors (Lipinski definition) is 3. The van der Waals surface area contributed by atoms with Crippen LogP contribution in [0.4, 0.5) is 0 Å². The highest BCUT2D eigenvalue weighted by atomic mass is 16.2. The van der Waals surface area contributed by atoms with E-state index in [2.05, 4.69) is 0 Å². The molecule has 4 N–H and O–H groups in total. The molecule has 1 rings (SSSR count). The number of carbonyl (C=O) groups excluding carboxylic acids is 2. The zero-order chi connectivity index (χ0) is 8.43. The summed E-state index contributed by atoms with van der Waals surface area (Å²) in [5, 5.41) is 0. The number of carbonyl (C=O) groups is 2. The first-order valence-electron chi connectivity index (χ1n) is 3.72. The third-order valence-electron chi connectivity index (χ3n) is 2.15. The number of rotatable bonds is 2. The zero-order valence-electron chi connectivity index (χ0n) is 6.25. The van der Waals surface area contributed by atoms with E-state index in [0.29, 0.717) is 6.42 Å².